The van der Waals surface area contributed by atoms with Crippen LogP contribution < -0.4 is 11.2 Å². The van der Waals surface area contributed by atoms with Crippen LogP contribution in [0.3, 0.4) is 0 Å². The number of aryl methyl sites for hydroxylation is 3. The van der Waals surface area contributed by atoms with Gasteiger partial charge in [-0.05, 0) is 32.4 Å². The first kappa shape index (κ1) is 24.9. The third kappa shape index (κ3) is 4.15. The summed E-state index contributed by atoms with van der Waals surface area (Å²) < 4.78 is 5.77. The molecule has 1 amide bonds. The number of rotatable bonds is 4. The van der Waals surface area contributed by atoms with E-state index in [2.05, 4.69) is 9.97 Å². The van der Waals surface area contributed by atoms with Gasteiger partial charge >= 0.3 is 5.69 Å². The highest BCUT2D eigenvalue weighted by atomic mass is 16.3. The predicted molar refractivity (Wildman–Crippen MR) is 136 cm³/mol. The van der Waals surface area contributed by atoms with E-state index in [1.54, 1.807) is 6.92 Å². The molecular formula is C25H31N7O5. The molecule has 12 heteroatoms. The Bertz CT molecular complexity index is 1630. The maximum Gasteiger partial charge on any atom is 0.332 e. The van der Waals surface area contributed by atoms with Crippen molar-refractivity contribution in [1.82, 2.24) is 33.1 Å². The summed E-state index contributed by atoms with van der Waals surface area (Å²) in [5.74, 6) is 0.603. The SMILES string of the molecule is Cc1nc2ccccc2n1CCC(=O)N1C[C@H](O)C[C@@H](n2cnc3c2c(=O)n(C)c(=O)n3C)[C@](C)(O)C1. The lowest BCUT2D eigenvalue weighted by Gasteiger charge is -2.34. The number of carbonyl (C=O) groups is 1. The van der Waals surface area contributed by atoms with E-state index in [-0.39, 0.29) is 43.0 Å². The van der Waals surface area contributed by atoms with Crippen LogP contribution in [0.4, 0.5) is 0 Å². The first-order valence-electron chi connectivity index (χ1n) is 12.2. The lowest BCUT2D eigenvalue weighted by molar-refractivity contribution is -0.135. The van der Waals surface area contributed by atoms with Crippen molar-refractivity contribution in [2.24, 2.45) is 14.1 Å². The van der Waals surface area contributed by atoms with Crippen LogP contribution in [0.2, 0.25) is 0 Å². The van der Waals surface area contributed by atoms with E-state index < -0.39 is 29.0 Å². The predicted octanol–water partition coefficient (Wildman–Crippen LogP) is 0.0674. The van der Waals surface area contributed by atoms with E-state index in [1.807, 2.05) is 35.8 Å². The number of amides is 1. The number of nitrogens with zero attached hydrogens (tertiary/aromatic N) is 7. The number of aliphatic hydroxyl groups is 2. The zero-order valence-electron chi connectivity index (χ0n) is 21.3. The van der Waals surface area contributed by atoms with Crippen molar-refractivity contribution in [2.75, 3.05) is 13.1 Å². The van der Waals surface area contributed by atoms with Gasteiger partial charge in [-0.15, -0.1) is 0 Å². The molecule has 0 radical (unpaired) electrons. The van der Waals surface area contributed by atoms with Gasteiger partial charge in [0.05, 0.1) is 36.1 Å². The van der Waals surface area contributed by atoms with E-state index in [0.717, 1.165) is 21.4 Å². The molecule has 4 aromatic rings. The molecule has 196 valence electrons. The summed E-state index contributed by atoms with van der Waals surface area (Å²) in [6.07, 6.45) is 0.736. The average molecular weight is 510 g/mol. The quantitative estimate of drug-likeness (QED) is 0.397. The minimum absolute atomic E-state index is 0.0387. The molecule has 3 atom stereocenters. The topological polar surface area (TPSA) is 140 Å². The Kier molecular flexibility index (Phi) is 6.03. The monoisotopic (exact) mass is 509 g/mol. The van der Waals surface area contributed by atoms with E-state index in [4.69, 9.17) is 0 Å². The van der Waals surface area contributed by atoms with Crippen molar-refractivity contribution in [1.29, 1.82) is 0 Å². The summed E-state index contributed by atoms with van der Waals surface area (Å²) in [5.41, 5.74) is -0.381. The lowest BCUT2D eigenvalue weighted by atomic mass is 9.92. The lowest BCUT2D eigenvalue weighted by Crippen LogP contribution is -2.47. The smallest absolute Gasteiger partial charge is 0.332 e. The van der Waals surface area contributed by atoms with E-state index in [1.165, 1.54) is 34.5 Å². The second kappa shape index (κ2) is 8.96. The molecule has 12 nitrogen and oxygen atoms in total. The van der Waals surface area contributed by atoms with Crippen molar-refractivity contribution in [3.8, 4) is 0 Å². The molecule has 1 aliphatic rings. The fraction of sp³-hybridized carbons (Fsp3) is 0.480. The number of carbonyl (C=O) groups excluding carboxylic acids is 1. The van der Waals surface area contributed by atoms with Gasteiger partial charge in [-0.2, -0.15) is 0 Å². The number of para-hydroxylation sites is 2. The van der Waals surface area contributed by atoms with Crippen LogP contribution in [-0.2, 0) is 25.4 Å². The van der Waals surface area contributed by atoms with Crippen LogP contribution in [0.25, 0.3) is 22.2 Å². The summed E-state index contributed by atoms with van der Waals surface area (Å²) in [6, 6.07) is 6.97. The standard InChI is InChI=1S/C25H31N7O5/c1-15-27-17-7-5-6-8-18(17)31(15)10-9-20(34)30-12-16(33)11-19(25(2,37)13-30)32-14-26-22-21(32)23(35)29(4)24(36)28(22)3/h5-8,14,16,19,33,37H,9-13H2,1-4H3/t16-,19-,25-/m1/s1. The molecule has 5 rings (SSSR count). The number of aliphatic hydroxyl groups excluding tert-OH is 1. The second-order valence-corrected chi connectivity index (χ2v) is 10.1. The van der Waals surface area contributed by atoms with E-state index in [0.29, 0.717) is 6.54 Å². The van der Waals surface area contributed by atoms with Crippen LogP contribution in [-0.4, -0.2) is 74.1 Å². The van der Waals surface area contributed by atoms with Gasteiger partial charge in [-0.1, -0.05) is 12.1 Å². The first-order chi connectivity index (χ1) is 17.5. The molecule has 37 heavy (non-hydrogen) atoms. The van der Waals surface area contributed by atoms with Crippen molar-refractivity contribution in [2.45, 2.75) is 51.0 Å². The van der Waals surface area contributed by atoms with Gasteiger partial charge in [0.1, 0.15) is 11.4 Å². The summed E-state index contributed by atoms with van der Waals surface area (Å²) in [7, 11) is 2.90. The maximum atomic E-state index is 13.3. The summed E-state index contributed by atoms with van der Waals surface area (Å²) in [4.78, 5) is 48.8. The minimum Gasteiger partial charge on any atom is -0.391 e. The number of imidazole rings is 2. The molecule has 1 aromatic carbocycles. The van der Waals surface area contributed by atoms with Gasteiger partial charge in [-0.3, -0.25) is 18.7 Å². The number of hydrogen-bond donors (Lipinski definition) is 2. The molecule has 0 bridgehead atoms. The molecule has 1 saturated heterocycles. The molecule has 2 N–H and O–H groups in total. The van der Waals surface area contributed by atoms with E-state index >= 15 is 0 Å². The third-order valence-corrected chi connectivity index (χ3v) is 7.41. The van der Waals surface area contributed by atoms with Crippen molar-refractivity contribution in [3.63, 3.8) is 0 Å². The summed E-state index contributed by atoms with van der Waals surface area (Å²) in [6.45, 7) is 3.91. The Labute approximate surface area is 212 Å². The molecule has 1 fully saturated rings. The highest BCUT2D eigenvalue weighted by molar-refractivity contribution is 5.78. The summed E-state index contributed by atoms with van der Waals surface area (Å²) >= 11 is 0. The molecule has 4 heterocycles. The molecular weight excluding hydrogens is 478 g/mol. The van der Waals surface area contributed by atoms with Crippen molar-refractivity contribution < 1.29 is 15.0 Å². The Hall–Kier alpha value is -3.77. The van der Waals surface area contributed by atoms with E-state index in [9.17, 15) is 24.6 Å². The average Bonchev–Trinajstić information content (AvgIpc) is 3.39. The van der Waals surface area contributed by atoms with Gasteiger partial charge in [-0.25, -0.2) is 14.8 Å². The molecule has 0 saturated carbocycles. The number of benzene rings is 1. The van der Waals surface area contributed by atoms with Gasteiger partial charge in [0.2, 0.25) is 5.91 Å². The van der Waals surface area contributed by atoms with Gasteiger partial charge < -0.3 is 24.2 Å². The molecule has 1 aliphatic heterocycles. The Morgan fingerprint density at radius 1 is 1.19 bits per heavy atom. The van der Waals surface area contributed by atoms with Crippen molar-refractivity contribution >= 4 is 28.1 Å². The van der Waals surface area contributed by atoms with Gasteiger partial charge in [0.15, 0.2) is 11.2 Å². The summed E-state index contributed by atoms with van der Waals surface area (Å²) in [5, 5.41) is 22.4. The zero-order chi connectivity index (χ0) is 26.6. The Morgan fingerprint density at radius 3 is 2.68 bits per heavy atom. The van der Waals surface area contributed by atoms with Crippen LogP contribution in [0.1, 0.15) is 31.6 Å². The highest BCUT2D eigenvalue weighted by Gasteiger charge is 2.42. The van der Waals surface area contributed by atoms with Gasteiger partial charge in [0.25, 0.3) is 5.56 Å². The fourth-order valence-electron chi connectivity index (χ4n) is 5.44. The zero-order valence-corrected chi connectivity index (χ0v) is 21.3. The largest absolute Gasteiger partial charge is 0.391 e. The number of hydrogen-bond acceptors (Lipinski definition) is 7. The van der Waals surface area contributed by atoms with Crippen LogP contribution in [0.5, 0.6) is 0 Å². The molecule has 3 aromatic heterocycles. The molecule has 0 aliphatic carbocycles. The normalized spacial score (nSPS) is 22.6. The molecule has 0 unspecified atom stereocenters. The number of aromatic nitrogens is 6. The maximum absolute atomic E-state index is 13.3. The number of fused-ring (bicyclic) bond motifs is 2. The minimum atomic E-state index is -1.49. The van der Waals surface area contributed by atoms with Crippen LogP contribution in [0, 0.1) is 6.92 Å². The molecule has 0 spiro atoms. The number of likely N-dealkylation sites (tertiary alicyclic amines) is 1. The van der Waals surface area contributed by atoms with Crippen LogP contribution in [0.15, 0.2) is 40.2 Å². The Balaban J connectivity index is 1.42. The third-order valence-electron chi connectivity index (χ3n) is 7.41. The highest BCUT2D eigenvalue weighted by Crippen LogP contribution is 2.33. The fourth-order valence-corrected chi connectivity index (χ4v) is 5.44. The Morgan fingerprint density at radius 2 is 1.92 bits per heavy atom. The van der Waals surface area contributed by atoms with Gasteiger partial charge in [0, 0.05) is 33.6 Å². The van der Waals surface area contributed by atoms with Crippen molar-refractivity contribution in [3.05, 3.63) is 57.3 Å². The number of β-amino-alcohol motifs (C(OH)–C–C–N with tert-alkyl or cyclic N) is 2. The van der Waals surface area contributed by atoms with Crippen LogP contribution >= 0.6 is 0 Å². The first-order valence-corrected chi connectivity index (χ1v) is 12.2. The second-order valence-electron chi connectivity index (χ2n) is 10.1.